The second-order valence-corrected chi connectivity index (χ2v) is 4.13. The van der Waals surface area contributed by atoms with Gasteiger partial charge in [-0.2, -0.15) is 5.26 Å². The predicted molar refractivity (Wildman–Crippen MR) is 62.3 cm³/mol. The zero-order valence-electron chi connectivity index (χ0n) is 8.71. The molecule has 1 aromatic rings. The van der Waals surface area contributed by atoms with Gasteiger partial charge in [-0.25, -0.2) is 13.8 Å². The Morgan fingerprint density at radius 1 is 1.71 bits per heavy atom. The maximum Gasteiger partial charge on any atom is 0.310 e. The molecule has 0 bridgehead atoms. The zero-order valence-corrected chi connectivity index (χ0v) is 10.9. The molecule has 0 atom stereocenters. The lowest BCUT2D eigenvalue weighted by Crippen LogP contribution is -2.11. The summed E-state index contributed by atoms with van der Waals surface area (Å²) in [4.78, 5) is 14.9. The Morgan fingerprint density at radius 2 is 2.35 bits per heavy atom. The molecule has 0 N–H and O–H groups in total. The van der Waals surface area contributed by atoms with Gasteiger partial charge in [0.2, 0.25) is 0 Å². The lowest BCUT2D eigenvalue weighted by Gasteiger charge is -2.09. The fraction of sp³-hybridized carbons (Fsp3) is 0.300. The fourth-order valence-electron chi connectivity index (χ4n) is 1.25. The first-order valence-corrected chi connectivity index (χ1v) is 5.51. The zero-order chi connectivity index (χ0) is 13.0. The molecule has 90 valence electrons. The van der Waals surface area contributed by atoms with E-state index in [1.165, 1.54) is 0 Å². The van der Waals surface area contributed by atoms with Gasteiger partial charge in [0.15, 0.2) is 0 Å². The first-order valence-electron chi connectivity index (χ1n) is 4.44. The summed E-state index contributed by atoms with van der Waals surface area (Å²) in [5.74, 6) is -0.689. The normalized spacial score (nSPS) is 10.1. The van der Waals surface area contributed by atoms with Gasteiger partial charge in [-0.1, -0.05) is 0 Å². The van der Waals surface area contributed by atoms with Crippen molar-refractivity contribution in [2.24, 2.45) is 0 Å². The van der Waals surface area contributed by atoms with Crippen molar-refractivity contribution in [3.63, 3.8) is 0 Å². The van der Waals surface area contributed by atoms with Gasteiger partial charge in [0.05, 0.1) is 13.5 Å². The summed E-state index contributed by atoms with van der Waals surface area (Å²) >= 11 is 1.74. The number of alkyl halides is 2. The van der Waals surface area contributed by atoms with Crippen molar-refractivity contribution in [1.82, 2.24) is 4.98 Å². The molecule has 7 heteroatoms. The van der Waals surface area contributed by atoms with Crippen LogP contribution in [0.15, 0.2) is 6.07 Å². The highest BCUT2D eigenvalue weighted by Crippen LogP contribution is 2.26. The summed E-state index contributed by atoms with van der Waals surface area (Å²) in [6.07, 6.45) is -3.15. The van der Waals surface area contributed by atoms with Gasteiger partial charge in [-0.05, 0) is 28.7 Å². The van der Waals surface area contributed by atoms with Crippen LogP contribution in [0.5, 0.6) is 0 Å². The van der Waals surface area contributed by atoms with Crippen LogP contribution in [0, 0.1) is 15.0 Å². The van der Waals surface area contributed by atoms with Crippen molar-refractivity contribution in [2.45, 2.75) is 12.8 Å². The van der Waals surface area contributed by atoms with Crippen LogP contribution < -0.4 is 0 Å². The van der Waals surface area contributed by atoms with Crippen molar-refractivity contribution in [3.05, 3.63) is 26.6 Å². The Kier molecular flexibility index (Phi) is 4.74. The van der Waals surface area contributed by atoms with Crippen LogP contribution in [0.3, 0.4) is 0 Å². The molecule has 4 nitrogen and oxygen atoms in total. The third kappa shape index (κ3) is 3.33. The van der Waals surface area contributed by atoms with E-state index in [9.17, 15) is 13.6 Å². The predicted octanol–water partition coefficient (Wildman–Crippen LogP) is 2.21. The van der Waals surface area contributed by atoms with Crippen LogP contribution in [0.1, 0.15) is 23.2 Å². The molecule has 0 saturated carbocycles. The molecule has 0 aromatic carbocycles. The number of rotatable bonds is 3. The molecule has 0 aliphatic rings. The minimum atomic E-state index is -2.77. The lowest BCUT2D eigenvalue weighted by molar-refractivity contribution is -0.139. The second-order valence-electron chi connectivity index (χ2n) is 3.03. The second kappa shape index (κ2) is 5.86. The largest absolute Gasteiger partial charge is 0.469 e. The van der Waals surface area contributed by atoms with E-state index in [0.29, 0.717) is 0 Å². The van der Waals surface area contributed by atoms with E-state index in [1.807, 2.05) is 0 Å². The van der Waals surface area contributed by atoms with Crippen LogP contribution in [0.4, 0.5) is 8.78 Å². The molecule has 0 amide bonds. The Hall–Kier alpha value is -1.30. The number of ether oxygens (including phenoxy) is 1. The fourth-order valence-corrected chi connectivity index (χ4v) is 1.82. The summed E-state index contributed by atoms with van der Waals surface area (Å²) in [7, 11) is 1.15. The quantitative estimate of drug-likeness (QED) is 0.475. The Balaban J connectivity index is 3.33. The van der Waals surface area contributed by atoms with Crippen molar-refractivity contribution >= 4 is 28.6 Å². The van der Waals surface area contributed by atoms with E-state index in [1.54, 1.807) is 28.7 Å². The van der Waals surface area contributed by atoms with Gasteiger partial charge in [-0.15, -0.1) is 0 Å². The molecular formula is C10H7F2IN2O2. The Bertz CT molecular complexity index is 486. The van der Waals surface area contributed by atoms with Gasteiger partial charge in [-0.3, -0.25) is 4.79 Å². The molecule has 1 aromatic heterocycles. The van der Waals surface area contributed by atoms with E-state index in [2.05, 4.69) is 9.72 Å². The first kappa shape index (κ1) is 13.8. The average Bonchev–Trinajstić information content (AvgIpc) is 2.30. The molecular weight excluding hydrogens is 345 g/mol. The van der Waals surface area contributed by atoms with E-state index >= 15 is 0 Å². The number of nitrogens with zero attached hydrogens (tertiary/aromatic N) is 2. The van der Waals surface area contributed by atoms with Crippen LogP contribution in [-0.2, 0) is 16.0 Å². The molecule has 17 heavy (non-hydrogen) atoms. The van der Waals surface area contributed by atoms with Gasteiger partial charge in [0.1, 0.15) is 15.5 Å². The van der Waals surface area contributed by atoms with Crippen LogP contribution >= 0.6 is 22.6 Å². The van der Waals surface area contributed by atoms with E-state index in [-0.39, 0.29) is 26.9 Å². The molecule has 1 heterocycles. The van der Waals surface area contributed by atoms with Gasteiger partial charge >= 0.3 is 5.97 Å². The number of hydrogen-bond acceptors (Lipinski definition) is 4. The summed E-state index contributed by atoms with van der Waals surface area (Å²) in [6.45, 7) is 0. The van der Waals surface area contributed by atoms with Gasteiger partial charge in [0, 0.05) is 11.1 Å². The molecule has 0 aliphatic carbocycles. The molecule has 0 radical (unpaired) electrons. The number of carbonyl (C=O) groups is 1. The highest BCUT2D eigenvalue weighted by Gasteiger charge is 2.21. The number of carbonyl (C=O) groups excluding carboxylic acids is 1. The monoisotopic (exact) mass is 352 g/mol. The number of hydrogen-bond donors (Lipinski definition) is 0. The highest BCUT2D eigenvalue weighted by atomic mass is 127. The third-order valence-corrected chi connectivity index (χ3v) is 2.57. The Morgan fingerprint density at radius 3 is 2.82 bits per heavy atom. The van der Waals surface area contributed by atoms with Crippen LogP contribution in [-0.4, -0.2) is 18.1 Å². The Labute approximate surface area is 110 Å². The highest BCUT2D eigenvalue weighted by molar-refractivity contribution is 14.1. The summed E-state index contributed by atoms with van der Waals surface area (Å²) in [5, 5.41) is 8.82. The van der Waals surface area contributed by atoms with Crippen molar-refractivity contribution < 1.29 is 18.3 Å². The number of esters is 1. The molecule has 0 saturated heterocycles. The topological polar surface area (TPSA) is 63.0 Å². The minimum Gasteiger partial charge on any atom is -0.469 e. The minimum absolute atomic E-state index is 0.0743. The average molecular weight is 352 g/mol. The molecule has 0 unspecified atom stereocenters. The third-order valence-electron chi connectivity index (χ3n) is 2.02. The maximum atomic E-state index is 12.8. The summed E-state index contributed by atoms with van der Waals surface area (Å²) in [5.41, 5.74) is -0.598. The summed E-state index contributed by atoms with van der Waals surface area (Å²) in [6, 6.07) is 2.86. The number of halogens is 3. The van der Waals surface area contributed by atoms with E-state index < -0.39 is 12.4 Å². The smallest absolute Gasteiger partial charge is 0.310 e. The number of methoxy groups -OCH3 is 1. The standard InChI is InChI=1S/C10H7F2IN2O2/c1-17-9(16)3-5-6(10(11)12)2-8(13)15-7(5)4-14/h2,10H,3H2,1H3. The van der Waals surface area contributed by atoms with E-state index in [4.69, 9.17) is 5.26 Å². The number of pyridine rings is 1. The van der Waals surface area contributed by atoms with Crippen molar-refractivity contribution in [2.75, 3.05) is 7.11 Å². The number of aromatic nitrogens is 1. The number of nitriles is 1. The van der Waals surface area contributed by atoms with Crippen molar-refractivity contribution in [3.8, 4) is 6.07 Å². The molecule has 1 rings (SSSR count). The van der Waals surface area contributed by atoms with E-state index in [0.717, 1.165) is 13.2 Å². The SMILES string of the molecule is COC(=O)Cc1c(C(F)F)cc(I)nc1C#N. The maximum absolute atomic E-state index is 12.8. The van der Waals surface area contributed by atoms with Crippen molar-refractivity contribution in [1.29, 1.82) is 5.26 Å². The molecule has 0 fully saturated rings. The summed E-state index contributed by atoms with van der Waals surface area (Å²) < 4.78 is 30.2. The van der Waals surface area contributed by atoms with Gasteiger partial charge < -0.3 is 4.74 Å². The van der Waals surface area contributed by atoms with Crippen LogP contribution in [0.2, 0.25) is 0 Å². The molecule has 0 aliphatic heterocycles. The lowest BCUT2D eigenvalue weighted by atomic mass is 10.0. The van der Waals surface area contributed by atoms with Crippen LogP contribution in [0.25, 0.3) is 0 Å². The van der Waals surface area contributed by atoms with Gasteiger partial charge in [0.25, 0.3) is 6.43 Å². The molecule has 0 spiro atoms. The first-order chi connectivity index (χ1) is 7.99.